The smallest absolute Gasteiger partial charge is 0.423 e. The first-order valence-corrected chi connectivity index (χ1v) is 15.3. The highest BCUT2D eigenvalue weighted by atomic mass is 32.2. The lowest BCUT2D eigenvalue weighted by molar-refractivity contribution is -0.388. The Bertz CT molecular complexity index is 1770. The minimum absolute atomic E-state index is 0.139. The molecule has 0 aliphatic carbocycles. The predicted molar refractivity (Wildman–Crippen MR) is 161 cm³/mol. The Balaban J connectivity index is 1.58. The second-order valence-electron chi connectivity index (χ2n) is 10.2. The number of sulfonamides is 1. The maximum atomic E-state index is 13.6. The quantitative estimate of drug-likeness (QED) is 0.116. The van der Waals surface area contributed by atoms with Crippen molar-refractivity contribution in [2.24, 2.45) is 0 Å². The normalized spacial score (nSPS) is 12.9. The number of amides is 1. The molecule has 0 radical (unpaired) electrons. The number of rotatable bonds is 13. The standard InChI is InChI=1S/C32H28F3N3O7S/c33-32(34,35)27-20-26(16-17-29(27)38(41)42)46(43,44)37-28(19-23-12-6-2-7-13-23)31(40)45-21-25(18-22-10-4-1-5-11-22)36-30(39)24-14-8-3-9-15-24/h1-17,20,25,28,37H,18-19,21H2,(H,36,39)/t25-,28+/m0/s1. The van der Waals surface area contributed by atoms with Crippen molar-refractivity contribution in [2.75, 3.05) is 6.61 Å². The molecule has 4 rings (SSSR count). The summed E-state index contributed by atoms with van der Waals surface area (Å²) in [6, 6.07) is 24.4. The number of carbonyl (C=O) groups excluding carboxylic acids is 2. The minimum Gasteiger partial charge on any atom is -0.462 e. The van der Waals surface area contributed by atoms with E-state index in [-0.39, 0.29) is 25.5 Å². The van der Waals surface area contributed by atoms with Gasteiger partial charge in [0, 0.05) is 11.6 Å². The fourth-order valence-corrected chi connectivity index (χ4v) is 5.75. The number of ether oxygens (including phenoxy) is 1. The lowest BCUT2D eigenvalue weighted by Gasteiger charge is -2.22. The molecule has 10 nitrogen and oxygen atoms in total. The van der Waals surface area contributed by atoms with Gasteiger partial charge in [-0.05, 0) is 48.2 Å². The summed E-state index contributed by atoms with van der Waals surface area (Å²) in [5.74, 6) is -1.49. The van der Waals surface area contributed by atoms with Crippen LogP contribution in [0.25, 0.3) is 0 Å². The molecule has 0 heterocycles. The highest BCUT2D eigenvalue weighted by molar-refractivity contribution is 7.89. The van der Waals surface area contributed by atoms with Gasteiger partial charge in [0.05, 0.1) is 15.9 Å². The number of carbonyl (C=O) groups is 2. The number of benzene rings is 4. The van der Waals surface area contributed by atoms with E-state index in [0.717, 1.165) is 5.56 Å². The molecule has 1 amide bonds. The van der Waals surface area contributed by atoms with Crippen molar-refractivity contribution >= 4 is 27.6 Å². The zero-order chi connectivity index (χ0) is 33.3. The largest absolute Gasteiger partial charge is 0.462 e. The Morgan fingerprint density at radius 2 is 1.37 bits per heavy atom. The molecule has 2 atom stereocenters. The highest BCUT2D eigenvalue weighted by Crippen LogP contribution is 2.37. The minimum atomic E-state index is -5.23. The number of nitrogens with zero attached hydrogens (tertiary/aromatic N) is 1. The molecular weight excluding hydrogens is 627 g/mol. The van der Waals surface area contributed by atoms with Gasteiger partial charge in [-0.3, -0.25) is 19.7 Å². The van der Waals surface area contributed by atoms with E-state index in [1.807, 2.05) is 18.2 Å². The molecule has 0 spiro atoms. The van der Waals surface area contributed by atoms with E-state index in [2.05, 4.69) is 10.0 Å². The topological polar surface area (TPSA) is 145 Å². The van der Waals surface area contributed by atoms with Crippen molar-refractivity contribution < 1.29 is 40.8 Å². The maximum Gasteiger partial charge on any atom is 0.423 e. The number of hydrogen-bond acceptors (Lipinski definition) is 7. The van der Waals surface area contributed by atoms with Crippen molar-refractivity contribution in [2.45, 2.75) is 36.0 Å². The molecule has 0 aliphatic heterocycles. The summed E-state index contributed by atoms with van der Waals surface area (Å²) >= 11 is 0. The summed E-state index contributed by atoms with van der Waals surface area (Å²) in [4.78, 5) is 35.2. The van der Waals surface area contributed by atoms with Gasteiger partial charge in [0.25, 0.3) is 11.6 Å². The zero-order valence-electron chi connectivity index (χ0n) is 24.0. The summed E-state index contributed by atoms with van der Waals surface area (Å²) < 4.78 is 74.8. The zero-order valence-corrected chi connectivity index (χ0v) is 24.8. The van der Waals surface area contributed by atoms with Gasteiger partial charge in [0.2, 0.25) is 10.0 Å². The third kappa shape index (κ3) is 9.22. The number of esters is 1. The number of nitro groups is 1. The Morgan fingerprint density at radius 1 is 0.826 bits per heavy atom. The average molecular weight is 656 g/mol. The van der Waals surface area contributed by atoms with E-state index < -0.39 is 61.2 Å². The van der Waals surface area contributed by atoms with E-state index in [0.29, 0.717) is 23.3 Å². The fourth-order valence-electron chi connectivity index (χ4n) is 4.54. The van der Waals surface area contributed by atoms with Crippen molar-refractivity contribution in [3.63, 3.8) is 0 Å². The van der Waals surface area contributed by atoms with Gasteiger partial charge >= 0.3 is 12.1 Å². The lowest BCUT2D eigenvalue weighted by Crippen LogP contribution is -2.46. The number of nitrogens with one attached hydrogen (secondary N) is 2. The van der Waals surface area contributed by atoms with Crippen molar-refractivity contribution in [3.8, 4) is 0 Å². The van der Waals surface area contributed by atoms with Crippen LogP contribution in [0.15, 0.2) is 114 Å². The van der Waals surface area contributed by atoms with Crippen LogP contribution in [0.3, 0.4) is 0 Å². The van der Waals surface area contributed by atoms with Crippen molar-refractivity contribution in [3.05, 3.63) is 142 Å². The molecular formula is C32H28F3N3O7S. The molecule has 14 heteroatoms. The molecule has 0 unspecified atom stereocenters. The molecule has 46 heavy (non-hydrogen) atoms. The van der Waals surface area contributed by atoms with E-state index in [1.165, 1.54) is 0 Å². The first-order chi connectivity index (χ1) is 21.8. The molecule has 240 valence electrons. The van der Waals surface area contributed by atoms with Crippen LogP contribution in [0, 0.1) is 10.1 Å². The fraction of sp³-hybridized carbons (Fsp3) is 0.188. The monoisotopic (exact) mass is 655 g/mol. The first kappa shape index (κ1) is 33.8. The van der Waals surface area contributed by atoms with E-state index >= 15 is 0 Å². The van der Waals surface area contributed by atoms with E-state index in [4.69, 9.17) is 4.74 Å². The molecule has 0 bridgehead atoms. The van der Waals surface area contributed by atoms with Gasteiger partial charge in [-0.1, -0.05) is 78.9 Å². The maximum absolute atomic E-state index is 13.6. The predicted octanol–water partition coefficient (Wildman–Crippen LogP) is 5.09. The van der Waals surface area contributed by atoms with Gasteiger partial charge in [-0.15, -0.1) is 0 Å². The van der Waals surface area contributed by atoms with Crippen LogP contribution >= 0.6 is 0 Å². The average Bonchev–Trinajstić information content (AvgIpc) is 3.03. The summed E-state index contributed by atoms with van der Waals surface area (Å²) in [7, 11) is -4.84. The Hall–Kier alpha value is -5.08. The molecule has 2 N–H and O–H groups in total. The van der Waals surface area contributed by atoms with Crippen molar-refractivity contribution in [1.82, 2.24) is 10.0 Å². The summed E-state index contributed by atoms with van der Waals surface area (Å²) in [5, 5.41) is 14.0. The number of nitro benzene ring substituents is 1. The number of halogens is 3. The van der Waals surface area contributed by atoms with Crippen LogP contribution < -0.4 is 10.0 Å². The first-order valence-electron chi connectivity index (χ1n) is 13.8. The summed E-state index contributed by atoms with van der Waals surface area (Å²) in [6.07, 6.45) is -5.21. The van der Waals surface area contributed by atoms with Gasteiger partial charge in [-0.2, -0.15) is 17.9 Å². The Morgan fingerprint density at radius 3 is 1.91 bits per heavy atom. The summed E-state index contributed by atoms with van der Waals surface area (Å²) in [6.45, 7) is -0.366. The second kappa shape index (κ2) is 14.8. The molecule has 0 fully saturated rings. The van der Waals surface area contributed by atoms with Gasteiger partial charge in [-0.25, -0.2) is 8.42 Å². The van der Waals surface area contributed by atoms with Crippen LogP contribution in [0.4, 0.5) is 18.9 Å². The molecule has 0 saturated carbocycles. The van der Waals surface area contributed by atoms with E-state index in [9.17, 15) is 41.3 Å². The molecule has 0 aliphatic rings. The number of hydrogen-bond donors (Lipinski definition) is 2. The number of alkyl halides is 3. The lowest BCUT2D eigenvalue weighted by atomic mass is 10.1. The van der Waals surface area contributed by atoms with Crippen LogP contribution in [-0.4, -0.2) is 43.9 Å². The third-order valence-corrected chi connectivity index (χ3v) is 8.24. The van der Waals surface area contributed by atoms with Gasteiger partial charge in [0.1, 0.15) is 18.2 Å². The summed E-state index contributed by atoms with van der Waals surface area (Å²) in [5.41, 5.74) is -1.40. The third-order valence-electron chi connectivity index (χ3n) is 6.77. The molecule has 0 saturated heterocycles. The second-order valence-corrected chi connectivity index (χ2v) is 11.9. The van der Waals surface area contributed by atoms with Gasteiger partial charge < -0.3 is 10.1 Å². The SMILES string of the molecule is O=C(N[C@H](COC(=O)[C@@H](Cc1ccccc1)NS(=O)(=O)c1ccc([N+](=O)[O-])c(C(F)(F)F)c1)Cc1ccccc1)c1ccccc1. The molecule has 0 aromatic heterocycles. The van der Waals surface area contributed by atoms with Crippen LogP contribution in [0.1, 0.15) is 27.0 Å². The molecule has 4 aromatic carbocycles. The van der Waals surface area contributed by atoms with E-state index in [1.54, 1.807) is 72.8 Å². The highest BCUT2D eigenvalue weighted by Gasteiger charge is 2.40. The van der Waals surface area contributed by atoms with Crippen LogP contribution in [-0.2, 0) is 38.6 Å². The van der Waals surface area contributed by atoms with Crippen LogP contribution in [0.2, 0.25) is 0 Å². The van der Waals surface area contributed by atoms with Crippen LogP contribution in [0.5, 0.6) is 0 Å². The van der Waals surface area contributed by atoms with Crippen molar-refractivity contribution in [1.29, 1.82) is 0 Å². The Labute approximate surface area is 262 Å². The van der Waals surface area contributed by atoms with Gasteiger partial charge in [0.15, 0.2) is 0 Å². The Kier molecular flexibility index (Phi) is 10.9. The molecule has 4 aromatic rings.